The van der Waals surface area contributed by atoms with Crippen LogP contribution in [0.15, 0.2) is 33.6 Å². The molecule has 0 amide bonds. The fraction of sp³-hybridized carbons (Fsp3) is 0.667. The third-order valence-corrected chi connectivity index (χ3v) is 5.33. The van der Waals surface area contributed by atoms with Crippen LogP contribution in [0.25, 0.3) is 0 Å². The van der Waals surface area contributed by atoms with Gasteiger partial charge in [-0.25, -0.2) is 4.79 Å². The summed E-state index contributed by atoms with van der Waals surface area (Å²) in [5, 5.41) is 3.68. The number of benzene rings is 1. The van der Waals surface area contributed by atoms with E-state index in [1.807, 2.05) is 12.1 Å². The van der Waals surface area contributed by atoms with Crippen molar-refractivity contribution in [2.75, 3.05) is 6.61 Å². The number of rotatable bonds is 17. The predicted octanol–water partition coefficient (Wildman–Crippen LogP) is 6.23. The van der Waals surface area contributed by atoms with E-state index in [2.05, 4.69) is 33.7 Å². The van der Waals surface area contributed by atoms with Crippen molar-refractivity contribution in [3.8, 4) is 5.75 Å². The number of ether oxygens (including phenoxy) is 1. The molecule has 1 heterocycles. The van der Waals surface area contributed by atoms with Crippen LogP contribution in [0.2, 0.25) is 0 Å². The molecule has 5 heteroatoms. The first-order chi connectivity index (χ1) is 14.3. The van der Waals surface area contributed by atoms with Gasteiger partial charge in [0.2, 0.25) is 0 Å². The zero-order chi connectivity index (χ0) is 20.6. The summed E-state index contributed by atoms with van der Waals surface area (Å²) in [7, 11) is 0. The molecule has 29 heavy (non-hydrogen) atoms. The van der Waals surface area contributed by atoms with Crippen LogP contribution in [0, 0.1) is 0 Å². The summed E-state index contributed by atoms with van der Waals surface area (Å²) in [5.74, 6) is 1.01. The molecule has 0 bridgehead atoms. The van der Waals surface area contributed by atoms with Gasteiger partial charge in [0, 0.05) is 6.42 Å². The lowest BCUT2D eigenvalue weighted by atomic mass is 10.1. The molecule has 0 spiro atoms. The molecular weight excluding hydrogens is 364 g/mol. The van der Waals surface area contributed by atoms with Crippen LogP contribution in [0.1, 0.15) is 95.4 Å². The van der Waals surface area contributed by atoms with Crippen molar-refractivity contribution >= 4 is 0 Å². The van der Waals surface area contributed by atoms with Gasteiger partial charge < -0.3 is 4.74 Å². The molecular formula is C24H38N2O3. The van der Waals surface area contributed by atoms with E-state index in [0.717, 1.165) is 25.2 Å². The molecule has 1 aromatic heterocycles. The number of nitrogens with zero attached hydrogens (tertiary/aromatic N) is 1. The van der Waals surface area contributed by atoms with Crippen molar-refractivity contribution in [2.45, 2.75) is 96.8 Å². The maximum atomic E-state index is 10.9. The minimum absolute atomic E-state index is 0.499. The maximum absolute atomic E-state index is 10.9. The van der Waals surface area contributed by atoms with E-state index in [1.165, 1.54) is 76.2 Å². The maximum Gasteiger partial charge on any atom is 0.438 e. The Balaban J connectivity index is 1.43. The lowest BCUT2D eigenvalue weighted by Crippen LogP contribution is -1.99. The zero-order valence-corrected chi connectivity index (χ0v) is 18.1. The molecule has 0 aliphatic heterocycles. The topological polar surface area (TPSA) is 68.1 Å². The molecule has 0 aliphatic rings. The van der Waals surface area contributed by atoms with Gasteiger partial charge in [0.05, 0.1) is 6.61 Å². The van der Waals surface area contributed by atoms with Crippen molar-refractivity contribution < 1.29 is 9.26 Å². The molecule has 2 rings (SSSR count). The first kappa shape index (κ1) is 23.2. The third-order valence-electron chi connectivity index (χ3n) is 5.33. The summed E-state index contributed by atoms with van der Waals surface area (Å²) in [4.78, 5) is 13.5. The van der Waals surface area contributed by atoms with E-state index in [0.29, 0.717) is 12.2 Å². The molecule has 0 aliphatic carbocycles. The summed E-state index contributed by atoms with van der Waals surface area (Å²) in [6.45, 7) is 3.06. The van der Waals surface area contributed by atoms with Gasteiger partial charge in [0.25, 0.3) is 0 Å². The minimum Gasteiger partial charge on any atom is -0.494 e. The molecule has 162 valence electrons. The second kappa shape index (κ2) is 14.9. The highest BCUT2D eigenvalue weighted by atomic mass is 16.5. The number of H-pyrrole nitrogens is 1. The fourth-order valence-electron chi connectivity index (χ4n) is 3.52. The molecule has 0 saturated carbocycles. The summed E-state index contributed by atoms with van der Waals surface area (Å²) >= 11 is 0. The Bertz CT molecular complexity index is 691. The SMILES string of the molecule is CCCCCCCCCCCCCCOc1ccc(CCc2noc(=O)[nH]2)cc1. The van der Waals surface area contributed by atoms with Gasteiger partial charge in [-0.3, -0.25) is 9.51 Å². The lowest BCUT2D eigenvalue weighted by Gasteiger charge is -2.07. The standard InChI is InChI=1S/C24H38N2O3/c1-2-3-4-5-6-7-8-9-10-11-12-13-20-28-22-17-14-21(15-18-22)16-19-23-25-24(27)29-26-23/h14-15,17-18H,2-13,16,19-20H2,1H3,(H,25,26,27). The number of hydrogen-bond donors (Lipinski definition) is 1. The number of aromatic nitrogens is 2. The van der Waals surface area contributed by atoms with Crippen LogP contribution in [-0.2, 0) is 12.8 Å². The van der Waals surface area contributed by atoms with E-state index in [1.54, 1.807) is 0 Å². The average Bonchev–Trinajstić information content (AvgIpc) is 3.16. The largest absolute Gasteiger partial charge is 0.494 e. The molecule has 1 aromatic carbocycles. The van der Waals surface area contributed by atoms with E-state index < -0.39 is 5.76 Å². The van der Waals surface area contributed by atoms with Crippen LogP contribution in [0.5, 0.6) is 5.75 Å². The Morgan fingerprint density at radius 2 is 1.41 bits per heavy atom. The summed E-state index contributed by atoms with van der Waals surface area (Å²) in [6.07, 6.45) is 17.7. The molecule has 0 fully saturated rings. The Morgan fingerprint density at radius 1 is 0.828 bits per heavy atom. The van der Waals surface area contributed by atoms with Crippen LogP contribution < -0.4 is 10.5 Å². The van der Waals surface area contributed by atoms with Crippen LogP contribution in [0.3, 0.4) is 0 Å². The molecule has 0 atom stereocenters. The van der Waals surface area contributed by atoms with Crippen LogP contribution >= 0.6 is 0 Å². The molecule has 0 saturated heterocycles. The predicted molar refractivity (Wildman–Crippen MR) is 118 cm³/mol. The second-order valence-corrected chi connectivity index (χ2v) is 7.92. The highest BCUT2D eigenvalue weighted by Gasteiger charge is 2.02. The van der Waals surface area contributed by atoms with Gasteiger partial charge in [-0.1, -0.05) is 94.8 Å². The van der Waals surface area contributed by atoms with Gasteiger partial charge in [-0.05, 0) is 30.5 Å². The number of hydrogen-bond acceptors (Lipinski definition) is 4. The van der Waals surface area contributed by atoms with Crippen LogP contribution in [0.4, 0.5) is 0 Å². The summed E-state index contributed by atoms with van der Waals surface area (Å²) in [6, 6.07) is 8.16. The van der Waals surface area contributed by atoms with E-state index in [9.17, 15) is 4.79 Å². The molecule has 0 radical (unpaired) electrons. The Labute approximate surface area is 175 Å². The highest BCUT2D eigenvalue weighted by molar-refractivity contribution is 5.27. The third kappa shape index (κ3) is 10.9. The number of aromatic amines is 1. The Hall–Kier alpha value is -2.04. The average molecular weight is 403 g/mol. The Kier molecular flexibility index (Phi) is 11.9. The summed E-state index contributed by atoms with van der Waals surface area (Å²) in [5.41, 5.74) is 1.19. The van der Waals surface area contributed by atoms with E-state index >= 15 is 0 Å². The number of unbranched alkanes of at least 4 members (excludes halogenated alkanes) is 11. The van der Waals surface area contributed by atoms with Crippen molar-refractivity contribution in [1.29, 1.82) is 0 Å². The first-order valence-electron chi connectivity index (χ1n) is 11.5. The lowest BCUT2D eigenvalue weighted by molar-refractivity contribution is 0.304. The van der Waals surface area contributed by atoms with Crippen molar-refractivity contribution in [1.82, 2.24) is 10.1 Å². The van der Waals surface area contributed by atoms with Crippen molar-refractivity contribution in [3.63, 3.8) is 0 Å². The van der Waals surface area contributed by atoms with Gasteiger partial charge in [-0.2, -0.15) is 0 Å². The fourth-order valence-corrected chi connectivity index (χ4v) is 3.52. The van der Waals surface area contributed by atoms with E-state index in [-0.39, 0.29) is 0 Å². The summed E-state index contributed by atoms with van der Waals surface area (Å²) < 4.78 is 10.3. The van der Waals surface area contributed by atoms with Crippen molar-refractivity contribution in [3.05, 3.63) is 46.2 Å². The second-order valence-electron chi connectivity index (χ2n) is 7.92. The van der Waals surface area contributed by atoms with E-state index in [4.69, 9.17) is 4.74 Å². The quantitative estimate of drug-likeness (QED) is 0.319. The minimum atomic E-state index is -0.499. The molecule has 2 aromatic rings. The van der Waals surface area contributed by atoms with Crippen molar-refractivity contribution in [2.24, 2.45) is 0 Å². The van der Waals surface area contributed by atoms with Gasteiger partial charge in [-0.15, -0.1) is 0 Å². The smallest absolute Gasteiger partial charge is 0.438 e. The highest BCUT2D eigenvalue weighted by Crippen LogP contribution is 2.15. The molecule has 5 nitrogen and oxygen atoms in total. The molecule has 1 N–H and O–H groups in total. The van der Waals surface area contributed by atoms with Gasteiger partial charge in [0.1, 0.15) is 5.75 Å². The van der Waals surface area contributed by atoms with Gasteiger partial charge in [0.15, 0.2) is 5.82 Å². The number of nitrogens with one attached hydrogen (secondary N) is 1. The first-order valence-corrected chi connectivity index (χ1v) is 11.5. The normalized spacial score (nSPS) is 11.1. The Morgan fingerprint density at radius 3 is 1.97 bits per heavy atom. The zero-order valence-electron chi connectivity index (χ0n) is 18.1. The number of aryl methyl sites for hydroxylation is 2. The van der Waals surface area contributed by atoms with Crippen LogP contribution in [-0.4, -0.2) is 16.7 Å². The molecule has 0 unspecified atom stereocenters. The monoisotopic (exact) mass is 402 g/mol. The van der Waals surface area contributed by atoms with Gasteiger partial charge >= 0.3 is 5.76 Å².